The summed E-state index contributed by atoms with van der Waals surface area (Å²) >= 11 is 0. The Kier molecular flexibility index (Phi) is 7.14. The molecule has 1 amide bonds. The van der Waals surface area contributed by atoms with E-state index in [0.717, 1.165) is 18.2 Å². The van der Waals surface area contributed by atoms with Crippen molar-refractivity contribution in [1.82, 2.24) is 10.0 Å². The van der Waals surface area contributed by atoms with Gasteiger partial charge >= 0.3 is 0 Å². The maximum Gasteiger partial charge on any atom is 0.241 e. The van der Waals surface area contributed by atoms with Crippen LogP contribution in [0.5, 0.6) is 11.5 Å². The number of aryl methyl sites for hydroxylation is 1. The van der Waals surface area contributed by atoms with Gasteiger partial charge in [0.2, 0.25) is 15.9 Å². The molecule has 146 valence electrons. The van der Waals surface area contributed by atoms with Gasteiger partial charge in [0.1, 0.15) is 23.9 Å². The third-order valence-corrected chi connectivity index (χ3v) is 5.16. The number of halogens is 1. The fourth-order valence-electron chi connectivity index (χ4n) is 2.25. The lowest BCUT2D eigenvalue weighted by Gasteiger charge is -2.10. The van der Waals surface area contributed by atoms with E-state index in [1.54, 1.807) is 31.4 Å². The van der Waals surface area contributed by atoms with Crippen molar-refractivity contribution in [1.29, 1.82) is 0 Å². The van der Waals surface area contributed by atoms with Crippen molar-refractivity contribution in [3.63, 3.8) is 0 Å². The molecule has 2 aromatic carbocycles. The van der Waals surface area contributed by atoms with E-state index in [0.29, 0.717) is 11.5 Å². The molecular weight excluding hydrogens is 375 g/mol. The molecule has 7 nitrogen and oxygen atoms in total. The minimum atomic E-state index is -3.90. The fraction of sp³-hybridized carbons (Fsp3) is 0.278. The van der Waals surface area contributed by atoms with Crippen molar-refractivity contribution in [2.24, 2.45) is 0 Å². The lowest BCUT2D eigenvalue weighted by molar-refractivity contribution is -0.120. The number of benzene rings is 2. The standard InChI is InChI=1S/C18H21FN2O5S/c1-13-11-14(19)3-8-17(13)27(23,24)21-12-18(22)20-9-10-26-16-6-4-15(25-2)5-7-16/h3-8,11,21H,9-10,12H2,1-2H3,(H,20,22). The maximum atomic E-state index is 13.1. The monoisotopic (exact) mass is 396 g/mol. The summed E-state index contributed by atoms with van der Waals surface area (Å²) in [7, 11) is -2.34. The molecule has 0 aliphatic rings. The predicted molar refractivity (Wildman–Crippen MR) is 97.8 cm³/mol. The normalized spacial score (nSPS) is 11.1. The molecular formula is C18H21FN2O5S. The van der Waals surface area contributed by atoms with Gasteiger partial charge in [0.05, 0.1) is 25.1 Å². The summed E-state index contributed by atoms with van der Waals surface area (Å²) in [6, 6.07) is 10.3. The van der Waals surface area contributed by atoms with Gasteiger partial charge in [-0.3, -0.25) is 4.79 Å². The molecule has 2 N–H and O–H groups in total. The zero-order valence-corrected chi connectivity index (χ0v) is 15.8. The highest BCUT2D eigenvalue weighted by Crippen LogP contribution is 2.17. The number of ether oxygens (including phenoxy) is 2. The van der Waals surface area contributed by atoms with E-state index in [-0.39, 0.29) is 23.6 Å². The second-order valence-corrected chi connectivity index (χ2v) is 7.34. The van der Waals surface area contributed by atoms with Crippen LogP contribution in [0.3, 0.4) is 0 Å². The molecule has 0 heterocycles. The summed E-state index contributed by atoms with van der Waals surface area (Å²) in [4.78, 5) is 11.7. The average Bonchev–Trinajstić information content (AvgIpc) is 2.64. The van der Waals surface area contributed by atoms with Crippen molar-refractivity contribution in [2.75, 3.05) is 26.8 Å². The summed E-state index contributed by atoms with van der Waals surface area (Å²) in [5, 5.41) is 2.55. The summed E-state index contributed by atoms with van der Waals surface area (Å²) in [5.74, 6) is 0.301. The molecule has 0 bridgehead atoms. The Labute approximate surface area is 157 Å². The molecule has 0 saturated carbocycles. The van der Waals surface area contributed by atoms with Gasteiger partial charge in [0.15, 0.2) is 0 Å². The lowest BCUT2D eigenvalue weighted by Crippen LogP contribution is -2.38. The minimum Gasteiger partial charge on any atom is -0.497 e. The number of rotatable bonds is 9. The summed E-state index contributed by atoms with van der Waals surface area (Å²) in [6.07, 6.45) is 0. The molecule has 2 rings (SSSR count). The molecule has 0 spiro atoms. The zero-order valence-electron chi connectivity index (χ0n) is 15.0. The molecule has 0 saturated heterocycles. The SMILES string of the molecule is COc1ccc(OCCNC(=O)CNS(=O)(=O)c2ccc(F)cc2C)cc1. The van der Waals surface area contributed by atoms with E-state index in [4.69, 9.17) is 9.47 Å². The number of nitrogens with one attached hydrogen (secondary N) is 2. The van der Waals surface area contributed by atoms with Crippen molar-refractivity contribution in [2.45, 2.75) is 11.8 Å². The number of hydrogen-bond acceptors (Lipinski definition) is 5. The highest BCUT2D eigenvalue weighted by molar-refractivity contribution is 7.89. The number of sulfonamides is 1. The lowest BCUT2D eigenvalue weighted by atomic mass is 10.2. The average molecular weight is 396 g/mol. The molecule has 0 unspecified atom stereocenters. The molecule has 0 atom stereocenters. The van der Waals surface area contributed by atoms with Crippen LogP contribution in [0.15, 0.2) is 47.4 Å². The number of carbonyl (C=O) groups is 1. The van der Waals surface area contributed by atoms with Gasteiger partial charge in [-0.05, 0) is 55.0 Å². The van der Waals surface area contributed by atoms with Gasteiger partial charge in [0.25, 0.3) is 0 Å². The fourth-order valence-corrected chi connectivity index (χ4v) is 3.45. The van der Waals surface area contributed by atoms with Crippen LogP contribution in [-0.2, 0) is 14.8 Å². The number of amides is 1. The van der Waals surface area contributed by atoms with Crippen LogP contribution in [0.4, 0.5) is 4.39 Å². The second kappa shape index (κ2) is 9.33. The van der Waals surface area contributed by atoms with Crippen LogP contribution >= 0.6 is 0 Å². The largest absolute Gasteiger partial charge is 0.497 e. The molecule has 2 aromatic rings. The maximum absolute atomic E-state index is 13.1. The van der Waals surface area contributed by atoms with Gasteiger partial charge in [-0.1, -0.05) is 0 Å². The first-order valence-corrected chi connectivity index (χ1v) is 9.59. The number of methoxy groups -OCH3 is 1. The Morgan fingerprint density at radius 1 is 1.11 bits per heavy atom. The Morgan fingerprint density at radius 2 is 1.78 bits per heavy atom. The summed E-state index contributed by atoms with van der Waals surface area (Å²) < 4.78 is 50.1. The van der Waals surface area contributed by atoms with Crippen LogP contribution in [0, 0.1) is 12.7 Å². The van der Waals surface area contributed by atoms with Crippen LogP contribution in [0.25, 0.3) is 0 Å². The van der Waals surface area contributed by atoms with Gasteiger partial charge in [-0.25, -0.2) is 17.5 Å². The predicted octanol–water partition coefficient (Wildman–Crippen LogP) is 1.62. The van der Waals surface area contributed by atoms with Crippen molar-refractivity contribution in [3.8, 4) is 11.5 Å². The number of hydrogen-bond donors (Lipinski definition) is 2. The van der Waals surface area contributed by atoms with Gasteiger partial charge in [-0.15, -0.1) is 0 Å². The highest BCUT2D eigenvalue weighted by atomic mass is 32.2. The molecule has 9 heteroatoms. The van der Waals surface area contributed by atoms with Gasteiger partial charge < -0.3 is 14.8 Å². The van der Waals surface area contributed by atoms with E-state index < -0.39 is 28.3 Å². The topological polar surface area (TPSA) is 93.7 Å². The van der Waals surface area contributed by atoms with E-state index in [1.807, 2.05) is 0 Å². The van der Waals surface area contributed by atoms with E-state index in [2.05, 4.69) is 10.0 Å². The quantitative estimate of drug-likeness (QED) is 0.628. The molecule has 0 fully saturated rings. The highest BCUT2D eigenvalue weighted by Gasteiger charge is 2.18. The Hall–Kier alpha value is -2.65. The smallest absolute Gasteiger partial charge is 0.241 e. The Balaban J connectivity index is 1.75. The first kappa shape index (κ1) is 20.7. The van der Waals surface area contributed by atoms with Crippen LogP contribution < -0.4 is 19.5 Å². The molecule has 0 aromatic heterocycles. The van der Waals surface area contributed by atoms with E-state index in [1.165, 1.54) is 6.92 Å². The van der Waals surface area contributed by atoms with Crippen molar-refractivity contribution >= 4 is 15.9 Å². The van der Waals surface area contributed by atoms with Crippen LogP contribution in [0.1, 0.15) is 5.56 Å². The van der Waals surface area contributed by atoms with Gasteiger partial charge in [0, 0.05) is 0 Å². The van der Waals surface area contributed by atoms with Crippen molar-refractivity contribution < 1.29 is 27.1 Å². The van der Waals surface area contributed by atoms with E-state index >= 15 is 0 Å². The first-order chi connectivity index (χ1) is 12.8. The molecule has 0 aliphatic heterocycles. The Bertz CT molecular complexity index is 885. The number of carbonyl (C=O) groups excluding carboxylic acids is 1. The minimum absolute atomic E-state index is 0.0699. The molecule has 0 radical (unpaired) electrons. The van der Waals surface area contributed by atoms with Crippen LogP contribution in [-0.4, -0.2) is 41.1 Å². The first-order valence-electron chi connectivity index (χ1n) is 8.11. The second-order valence-electron chi connectivity index (χ2n) is 5.61. The summed E-state index contributed by atoms with van der Waals surface area (Å²) in [6.45, 7) is 1.49. The van der Waals surface area contributed by atoms with E-state index in [9.17, 15) is 17.6 Å². The van der Waals surface area contributed by atoms with Gasteiger partial charge in [-0.2, -0.15) is 0 Å². The zero-order chi connectivity index (χ0) is 19.9. The third kappa shape index (κ3) is 6.22. The van der Waals surface area contributed by atoms with Crippen molar-refractivity contribution in [3.05, 3.63) is 53.8 Å². The molecule has 27 heavy (non-hydrogen) atoms. The molecule has 0 aliphatic carbocycles. The summed E-state index contributed by atoms with van der Waals surface area (Å²) in [5.41, 5.74) is 0.260. The Morgan fingerprint density at radius 3 is 2.41 bits per heavy atom. The van der Waals surface area contributed by atoms with Crippen LogP contribution in [0.2, 0.25) is 0 Å². The third-order valence-electron chi connectivity index (χ3n) is 3.60.